The molecule has 0 saturated carbocycles. The van der Waals surface area contributed by atoms with E-state index >= 15 is 0 Å². The van der Waals surface area contributed by atoms with Gasteiger partial charge in [-0.15, -0.1) is 0 Å². The molecule has 2 N–H and O–H groups in total. The molecule has 0 aliphatic carbocycles. The van der Waals surface area contributed by atoms with Gasteiger partial charge in [0.05, 0.1) is 12.0 Å². The fourth-order valence-electron chi connectivity index (χ4n) is 1.87. The zero-order valence-corrected chi connectivity index (χ0v) is 10.8. The highest BCUT2D eigenvalue weighted by atomic mass is 16.1. The summed E-state index contributed by atoms with van der Waals surface area (Å²) in [7, 11) is 0. The van der Waals surface area contributed by atoms with E-state index in [1.165, 1.54) is 6.33 Å². The Morgan fingerprint density at radius 3 is 3.05 bits per heavy atom. The minimum absolute atomic E-state index is 0.214. The topological polar surface area (TPSA) is 99.4 Å². The number of imidazole rings is 1. The van der Waals surface area contributed by atoms with E-state index in [0.29, 0.717) is 5.56 Å². The molecule has 0 fully saturated rings. The van der Waals surface area contributed by atoms with Gasteiger partial charge >= 0.3 is 0 Å². The molecule has 0 spiro atoms. The molecule has 21 heavy (non-hydrogen) atoms. The maximum Gasteiger partial charge on any atom is 0.256 e. The van der Waals surface area contributed by atoms with Crippen molar-refractivity contribution in [3.05, 3.63) is 60.3 Å². The SMILES string of the molecule is N#Cc1[nH]cnc1NC(=O)c1cccc(-n2cccn2)c1. The third-order valence-corrected chi connectivity index (χ3v) is 2.86. The van der Waals surface area contributed by atoms with Gasteiger partial charge in [-0.1, -0.05) is 6.07 Å². The third-order valence-electron chi connectivity index (χ3n) is 2.86. The second-order valence-corrected chi connectivity index (χ2v) is 4.19. The van der Waals surface area contributed by atoms with E-state index in [1.807, 2.05) is 12.1 Å². The van der Waals surface area contributed by atoms with Crippen LogP contribution in [0, 0.1) is 11.3 Å². The molecular formula is C14H10N6O. The fraction of sp³-hybridized carbons (Fsp3) is 0. The zero-order chi connectivity index (χ0) is 14.7. The molecule has 102 valence electrons. The van der Waals surface area contributed by atoms with Crippen LogP contribution in [-0.4, -0.2) is 25.7 Å². The van der Waals surface area contributed by atoms with Crippen LogP contribution in [0.15, 0.2) is 49.1 Å². The van der Waals surface area contributed by atoms with Crippen LogP contribution in [0.5, 0.6) is 0 Å². The number of carbonyl (C=O) groups is 1. The van der Waals surface area contributed by atoms with Crippen molar-refractivity contribution in [2.24, 2.45) is 0 Å². The Morgan fingerprint density at radius 2 is 2.29 bits per heavy atom. The molecule has 0 aliphatic rings. The average molecular weight is 278 g/mol. The van der Waals surface area contributed by atoms with Gasteiger partial charge < -0.3 is 10.3 Å². The van der Waals surface area contributed by atoms with E-state index in [-0.39, 0.29) is 17.4 Å². The van der Waals surface area contributed by atoms with E-state index in [0.717, 1.165) is 5.69 Å². The molecule has 2 aromatic heterocycles. The molecule has 1 amide bonds. The van der Waals surface area contributed by atoms with Crippen molar-refractivity contribution in [3.63, 3.8) is 0 Å². The highest BCUT2D eigenvalue weighted by molar-refractivity contribution is 6.04. The summed E-state index contributed by atoms with van der Waals surface area (Å²) in [5, 5.41) is 15.6. The van der Waals surface area contributed by atoms with Gasteiger partial charge in [0.2, 0.25) is 0 Å². The number of anilines is 1. The summed E-state index contributed by atoms with van der Waals surface area (Å²) in [4.78, 5) is 18.7. The maximum atomic E-state index is 12.2. The van der Waals surface area contributed by atoms with Crippen molar-refractivity contribution in [2.45, 2.75) is 0 Å². The van der Waals surface area contributed by atoms with Crippen LogP contribution >= 0.6 is 0 Å². The van der Waals surface area contributed by atoms with E-state index in [1.54, 1.807) is 41.3 Å². The van der Waals surface area contributed by atoms with Crippen molar-refractivity contribution < 1.29 is 4.79 Å². The summed E-state index contributed by atoms with van der Waals surface area (Å²) in [5.74, 6) is -0.125. The normalized spacial score (nSPS) is 10.0. The van der Waals surface area contributed by atoms with Crippen molar-refractivity contribution in [2.75, 3.05) is 5.32 Å². The number of carbonyl (C=O) groups excluding carboxylic acids is 1. The van der Waals surface area contributed by atoms with Crippen LogP contribution in [0.2, 0.25) is 0 Å². The van der Waals surface area contributed by atoms with Crippen LogP contribution < -0.4 is 5.32 Å². The van der Waals surface area contributed by atoms with Gasteiger partial charge in [0.25, 0.3) is 5.91 Å². The Balaban J connectivity index is 1.86. The predicted octanol–water partition coefficient (Wildman–Crippen LogP) is 1.72. The van der Waals surface area contributed by atoms with Crippen molar-refractivity contribution in [1.29, 1.82) is 5.26 Å². The quantitative estimate of drug-likeness (QED) is 0.761. The summed E-state index contributed by atoms with van der Waals surface area (Å²) >= 11 is 0. The van der Waals surface area contributed by atoms with Crippen molar-refractivity contribution in [3.8, 4) is 11.8 Å². The number of H-pyrrole nitrogens is 1. The van der Waals surface area contributed by atoms with Crippen molar-refractivity contribution in [1.82, 2.24) is 19.7 Å². The lowest BCUT2D eigenvalue weighted by Crippen LogP contribution is -2.13. The molecule has 0 atom stereocenters. The number of benzene rings is 1. The first-order valence-corrected chi connectivity index (χ1v) is 6.13. The van der Waals surface area contributed by atoms with Gasteiger partial charge in [0.1, 0.15) is 6.07 Å². The summed E-state index contributed by atoms with van der Waals surface area (Å²) in [6.45, 7) is 0. The summed E-state index contributed by atoms with van der Waals surface area (Å²) < 4.78 is 1.66. The number of aromatic nitrogens is 4. The average Bonchev–Trinajstić information content (AvgIpc) is 3.18. The van der Waals surface area contributed by atoms with Gasteiger partial charge in [-0.2, -0.15) is 10.4 Å². The number of hydrogen-bond acceptors (Lipinski definition) is 4. The third kappa shape index (κ3) is 2.50. The Labute approximate surface area is 119 Å². The molecule has 7 nitrogen and oxygen atoms in total. The second kappa shape index (κ2) is 5.30. The second-order valence-electron chi connectivity index (χ2n) is 4.19. The first kappa shape index (κ1) is 12.6. The highest BCUT2D eigenvalue weighted by Crippen LogP contribution is 2.13. The van der Waals surface area contributed by atoms with Crippen LogP contribution in [0.25, 0.3) is 5.69 Å². The Kier molecular flexibility index (Phi) is 3.19. The number of amides is 1. The molecule has 0 radical (unpaired) electrons. The molecule has 0 unspecified atom stereocenters. The van der Waals surface area contributed by atoms with Crippen LogP contribution in [-0.2, 0) is 0 Å². The van der Waals surface area contributed by atoms with E-state index in [9.17, 15) is 4.79 Å². The number of nitrogens with one attached hydrogen (secondary N) is 2. The van der Waals surface area contributed by atoms with Crippen LogP contribution in [0.1, 0.15) is 16.1 Å². The number of nitriles is 1. The predicted molar refractivity (Wildman–Crippen MR) is 74.8 cm³/mol. The number of nitrogens with zero attached hydrogens (tertiary/aromatic N) is 4. The molecule has 0 aliphatic heterocycles. The van der Waals surface area contributed by atoms with E-state index in [4.69, 9.17) is 5.26 Å². The maximum absolute atomic E-state index is 12.2. The fourth-order valence-corrected chi connectivity index (χ4v) is 1.87. The van der Waals surface area contributed by atoms with Gasteiger partial charge in [-0.05, 0) is 24.3 Å². The molecule has 3 aromatic rings. The molecule has 0 saturated heterocycles. The lowest BCUT2D eigenvalue weighted by molar-refractivity contribution is 0.102. The molecule has 2 heterocycles. The van der Waals surface area contributed by atoms with Crippen molar-refractivity contribution >= 4 is 11.7 Å². The zero-order valence-electron chi connectivity index (χ0n) is 10.8. The molecule has 1 aromatic carbocycles. The summed E-state index contributed by atoms with van der Waals surface area (Å²) in [6.07, 6.45) is 4.81. The molecule has 0 bridgehead atoms. The smallest absolute Gasteiger partial charge is 0.256 e. The van der Waals surface area contributed by atoms with Gasteiger partial charge in [-0.25, -0.2) is 9.67 Å². The standard InChI is InChI=1S/C14H10N6O/c15-8-12-13(17-9-16-12)19-14(21)10-3-1-4-11(7-10)20-6-2-5-18-20/h1-7,9H,(H,16,17)(H,19,21). The van der Waals surface area contributed by atoms with E-state index < -0.39 is 0 Å². The van der Waals surface area contributed by atoms with Gasteiger partial charge in [0.15, 0.2) is 11.5 Å². The summed E-state index contributed by atoms with van der Waals surface area (Å²) in [6, 6.07) is 10.7. The first-order chi connectivity index (χ1) is 10.3. The first-order valence-electron chi connectivity index (χ1n) is 6.13. The van der Waals surface area contributed by atoms with Crippen LogP contribution in [0.3, 0.4) is 0 Å². The lowest BCUT2D eigenvalue weighted by Gasteiger charge is -2.05. The Bertz CT molecular complexity index is 812. The minimum atomic E-state index is -0.340. The molecule has 7 heteroatoms. The Hall–Kier alpha value is -3.40. The van der Waals surface area contributed by atoms with Gasteiger partial charge in [-0.3, -0.25) is 4.79 Å². The minimum Gasteiger partial charge on any atom is -0.335 e. The lowest BCUT2D eigenvalue weighted by atomic mass is 10.2. The van der Waals surface area contributed by atoms with Crippen LogP contribution in [0.4, 0.5) is 5.82 Å². The molecule has 3 rings (SSSR count). The Morgan fingerprint density at radius 1 is 1.38 bits per heavy atom. The van der Waals surface area contributed by atoms with Gasteiger partial charge in [0, 0.05) is 18.0 Å². The number of aromatic amines is 1. The number of hydrogen-bond donors (Lipinski definition) is 2. The monoisotopic (exact) mass is 278 g/mol. The number of rotatable bonds is 3. The highest BCUT2D eigenvalue weighted by Gasteiger charge is 2.12. The summed E-state index contributed by atoms with van der Waals surface area (Å²) in [5.41, 5.74) is 1.44. The van der Waals surface area contributed by atoms with E-state index in [2.05, 4.69) is 20.4 Å². The molecular weight excluding hydrogens is 268 g/mol. The largest absolute Gasteiger partial charge is 0.335 e.